The Morgan fingerprint density at radius 3 is 2.70 bits per heavy atom. The molecule has 2 saturated carbocycles. The number of hydrogen-bond donors (Lipinski definition) is 1. The van der Waals surface area contributed by atoms with E-state index in [0.29, 0.717) is 6.04 Å². The molecule has 0 heterocycles. The third kappa shape index (κ3) is 2.94. The van der Waals surface area contributed by atoms with Crippen LogP contribution in [0.2, 0.25) is 0 Å². The predicted molar refractivity (Wildman–Crippen MR) is 79.8 cm³/mol. The summed E-state index contributed by atoms with van der Waals surface area (Å²) in [6.45, 7) is 0. The molecule has 0 bridgehead atoms. The maximum atomic E-state index is 10.8. The minimum atomic E-state index is -0.330. The van der Waals surface area contributed by atoms with Crippen molar-refractivity contribution in [3.05, 3.63) is 34.4 Å². The van der Waals surface area contributed by atoms with Crippen molar-refractivity contribution in [1.29, 1.82) is 0 Å². The molecule has 0 spiro atoms. The van der Waals surface area contributed by atoms with Crippen LogP contribution in [0.4, 0.5) is 11.4 Å². The minimum absolute atomic E-state index is 0.168. The highest BCUT2D eigenvalue weighted by molar-refractivity contribution is 5.51. The molecule has 2 fully saturated rings. The number of fused-ring (bicyclic) bond motifs is 1. The van der Waals surface area contributed by atoms with E-state index in [1.54, 1.807) is 18.2 Å². The third-order valence-corrected chi connectivity index (χ3v) is 4.97. The number of benzene rings is 1. The van der Waals surface area contributed by atoms with Gasteiger partial charge in [0.2, 0.25) is 0 Å². The second-order valence-electron chi connectivity index (χ2n) is 6.27. The van der Waals surface area contributed by atoms with Crippen molar-refractivity contribution in [1.82, 2.24) is 0 Å². The van der Waals surface area contributed by atoms with E-state index in [0.717, 1.165) is 17.5 Å². The number of nitrogens with one attached hydrogen (secondary N) is 1. The lowest BCUT2D eigenvalue weighted by Crippen LogP contribution is -2.34. The number of nitro groups is 1. The van der Waals surface area contributed by atoms with Gasteiger partial charge in [-0.2, -0.15) is 0 Å². The van der Waals surface area contributed by atoms with Crippen LogP contribution in [0.3, 0.4) is 0 Å². The summed E-state index contributed by atoms with van der Waals surface area (Å²) in [4.78, 5) is 10.5. The molecule has 0 amide bonds. The molecular weight excluding hydrogens is 252 g/mol. The average molecular weight is 274 g/mol. The Morgan fingerprint density at radius 1 is 1.10 bits per heavy atom. The summed E-state index contributed by atoms with van der Waals surface area (Å²) >= 11 is 0. The first-order valence-corrected chi connectivity index (χ1v) is 7.73. The van der Waals surface area contributed by atoms with E-state index in [2.05, 4.69) is 5.32 Å². The second-order valence-corrected chi connectivity index (χ2v) is 6.27. The molecule has 0 saturated heterocycles. The molecule has 4 heteroatoms. The summed E-state index contributed by atoms with van der Waals surface area (Å²) < 4.78 is 0. The molecule has 3 rings (SSSR count). The summed E-state index contributed by atoms with van der Waals surface area (Å²) in [5.41, 5.74) is 1.06. The normalized spacial score (nSPS) is 29.5. The Bertz CT molecular complexity index is 489. The fourth-order valence-corrected chi connectivity index (χ4v) is 3.95. The maximum absolute atomic E-state index is 10.8. The zero-order valence-electron chi connectivity index (χ0n) is 11.8. The van der Waals surface area contributed by atoms with Crippen molar-refractivity contribution in [3.63, 3.8) is 0 Å². The van der Waals surface area contributed by atoms with Crippen LogP contribution in [0.15, 0.2) is 24.3 Å². The van der Waals surface area contributed by atoms with Gasteiger partial charge in [-0.25, -0.2) is 0 Å². The molecule has 1 N–H and O–H groups in total. The second kappa shape index (κ2) is 5.81. The number of hydrogen-bond acceptors (Lipinski definition) is 3. The zero-order chi connectivity index (χ0) is 13.9. The van der Waals surface area contributed by atoms with Crippen molar-refractivity contribution in [3.8, 4) is 0 Å². The van der Waals surface area contributed by atoms with E-state index in [-0.39, 0.29) is 10.6 Å². The Morgan fingerprint density at radius 2 is 1.90 bits per heavy atom. The molecule has 20 heavy (non-hydrogen) atoms. The Labute approximate surface area is 119 Å². The Hall–Kier alpha value is -1.58. The number of non-ortho nitro benzene ring substituents is 1. The fraction of sp³-hybridized carbons (Fsp3) is 0.625. The van der Waals surface area contributed by atoms with Crippen molar-refractivity contribution in [2.24, 2.45) is 11.8 Å². The summed E-state index contributed by atoms with van der Waals surface area (Å²) in [6.07, 6.45) is 9.31. The van der Waals surface area contributed by atoms with Crippen LogP contribution >= 0.6 is 0 Å². The van der Waals surface area contributed by atoms with E-state index < -0.39 is 0 Å². The molecule has 1 aromatic rings. The summed E-state index contributed by atoms with van der Waals surface area (Å²) in [6, 6.07) is 7.36. The smallest absolute Gasteiger partial charge is 0.271 e. The minimum Gasteiger partial charge on any atom is -0.382 e. The van der Waals surface area contributed by atoms with E-state index in [9.17, 15) is 10.1 Å². The molecule has 0 aliphatic heterocycles. The van der Waals surface area contributed by atoms with E-state index >= 15 is 0 Å². The van der Waals surface area contributed by atoms with Crippen LogP contribution in [0, 0.1) is 22.0 Å². The van der Waals surface area contributed by atoms with Gasteiger partial charge in [0.25, 0.3) is 5.69 Å². The quantitative estimate of drug-likeness (QED) is 0.658. The van der Waals surface area contributed by atoms with Gasteiger partial charge in [0.15, 0.2) is 0 Å². The van der Waals surface area contributed by atoms with Crippen LogP contribution in [0.25, 0.3) is 0 Å². The molecular formula is C16H22N2O2. The molecule has 0 aromatic heterocycles. The van der Waals surface area contributed by atoms with Crippen LogP contribution in [0.1, 0.15) is 44.9 Å². The highest BCUT2D eigenvalue weighted by atomic mass is 16.6. The molecule has 4 nitrogen and oxygen atoms in total. The van der Waals surface area contributed by atoms with E-state index in [4.69, 9.17) is 0 Å². The van der Waals surface area contributed by atoms with Crippen molar-refractivity contribution < 1.29 is 4.92 Å². The summed E-state index contributed by atoms with van der Waals surface area (Å²) in [7, 11) is 0. The average Bonchev–Trinajstić information content (AvgIpc) is 2.47. The molecule has 2 aliphatic rings. The molecule has 3 unspecified atom stereocenters. The molecule has 1 aromatic carbocycles. The van der Waals surface area contributed by atoms with Gasteiger partial charge in [-0.3, -0.25) is 10.1 Å². The van der Waals surface area contributed by atoms with E-state index in [1.807, 2.05) is 6.07 Å². The predicted octanol–water partition coefficient (Wildman–Crippen LogP) is 4.37. The fourth-order valence-electron chi connectivity index (χ4n) is 3.95. The molecule has 3 atom stereocenters. The number of nitro benzene ring substituents is 1. The SMILES string of the molecule is O=[N+]([O-])c1cccc(NC2CCC3CCCCC3C2)c1. The Balaban J connectivity index is 1.63. The summed E-state index contributed by atoms with van der Waals surface area (Å²) in [5.74, 6) is 1.81. The van der Waals surface area contributed by atoms with Crippen molar-refractivity contribution in [2.75, 3.05) is 5.32 Å². The highest BCUT2D eigenvalue weighted by Gasteiger charge is 2.32. The Kier molecular flexibility index (Phi) is 3.90. The number of anilines is 1. The van der Waals surface area contributed by atoms with Crippen molar-refractivity contribution >= 4 is 11.4 Å². The van der Waals surface area contributed by atoms with Crippen molar-refractivity contribution in [2.45, 2.75) is 51.0 Å². The van der Waals surface area contributed by atoms with Gasteiger partial charge < -0.3 is 5.32 Å². The number of nitrogens with zero attached hydrogens (tertiary/aromatic N) is 1. The van der Waals surface area contributed by atoms with Crippen LogP contribution < -0.4 is 5.32 Å². The zero-order valence-corrected chi connectivity index (χ0v) is 11.8. The maximum Gasteiger partial charge on any atom is 0.271 e. The lowest BCUT2D eigenvalue weighted by molar-refractivity contribution is -0.384. The van der Waals surface area contributed by atoms with Gasteiger partial charge in [-0.05, 0) is 37.2 Å². The number of rotatable bonds is 3. The molecule has 0 radical (unpaired) electrons. The largest absolute Gasteiger partial charge is 0.382 e. The first-order valence-electron chi connectivity index (χ1n) is 7.73. The van der Waals surface area contributed by atoms with Crippen LogP contribution in [-0.2, 0) is 0 Å². The lowest BCUT2D eigenvalue weighted by atomic mass is 9.69. The lowest BCUT2D eigenvalue weighted by Gasteiger charge is -2.39. The standard InChI is InChI=1S/C16H22N2O2/c19-18(20)16-7-3-6-14(11-16)17-15-9-8-12-4-1-2-5-13(12)10-15/h3,6-7,11-13,15,17H,1-2,4-5,8-10H2. The van der Waals surface area contributed by atoms with E-state index in [1.165, 1.54) is 44.9 Å². The highest BCUT2D eigenvalue weighted by Crippen LogP contribution is 2.41. The van der Waals surface area contributed by atoms with Gasteiger partial charge in [-0.15, -0.1) is 0 Å². The van der Waals surface area contributed by atoms with Gasteiger partial charge in [0, 0.05) is 23.9 Å². The monoisotopic (exact) mass is 274 g/mol. The summed E-state index contributed by atoms with van der Waals surface area (Å²) in [5, 5.41) is 14.3. The third-order valence-electron chi connectivity index (χ3n) is 4.97. The van der Waals surface area contributed by atoms with Gasteiger partial charge in [0.05, 0.1) is 4.92 Å². The topological polar surface area (TPSA) is 55.2 Å². The molecule has 108 valence electrons. The van der Waals surface area contributed by atoms with Crippen LogP contribution in [0.5, 0.6) is 0 Å². The first kappa shape index (κ1) is 13.4. The first-order chi connectivity index (χ1) is 9.72. The van der Waals surface area contributed by atoms with Crippen LogP contribution in [-0.4, -0.2) is 11.0 Å². The van der Waals surface area contributed by atoms with Gasteiger partial charge in [-0.1, -0.05) is 31.7 Å². The van der Waals surface area contributed by atoms with Gasteiger partial charge in [0.1, 0.15) is 0 Å². The molecule has 2 aliphatic carbocycles. The van der Waals surface area contributed by atoms with Gasteiger partial charge >= 0.3 is 0 Å².